The molecule has 0 aromatic heterocycles. The molecule has 1 aromatic rings. The number of aliphatic hydroxyl groups is 1. The molecule has 0 amide bonds. The van der Waals surface area contributed by atoms with Gasteiger partial charge in [-0.15, -0.1) is 0 Å². The van der Waals surface area contributed by atoms with Gasteiger partial charge in [-0.25, -0.2) is 0 Å². The highest BCUT2D eigenvalue weighted by Gasteiger charge is 2.06. The average Bonchev–Trinajstić information content (AvgIpc) is 2.03. The molecule has 0 aliphatic carbocycles. The Morgan fingerprint density at radius 3 is 2.62 bits per heavy atom. The summed E-state index contributed by atoms with van der Waals surface area (Å²) in [5.41, 5.74) is 1.16. The van der Waals surface area contributed by atoms with Gasteiger partial charge in [-0.3, -0.25) is 4.79 Å². The van der Waals surface area contributed by atoms with Crippen molar-refractivity contribution in [3.63, 3.8) is 0 Å². The molecule has 0 spiro atoms. The van der Waals surface area contributed by atoms with Crippen molar-refractivity contribution in [3.05, 3.63) is 34.3 Å². The summed E-state index contributed by atoms with van der Waals surface area (Å²) >= 11 is 5.68. The third-order valence-electron chi connectivity index (χ3n) is 1.68. The van der Waals surface area contributed by atoms with Crippen LogP contribution in [0.15, 0.2) is 18.2 Å². The highest BCUT2D eigenvalue weighted by Crippen LogP contribution is 2.16. The normalized spacial score (nSPS) is 10.0. The molecule has 1 aromatic carbocycles. The Morgan fingerprint density at radius 1 is 1.38 bits per heavy atom. The Morgan fingerprint density at radius 2 is 2.08 bits per heavy atom. The van der Waals surface area contributed by atoms with E-state index in [1.54, 1.807) is 18.2 Å². The Balaban J connectivity index is 3.01. The van der Waals surface area contributed by atoms with E-state index >= 15 is 0 Å². The van der Waals surface area contributed by atoms with Gasteiger partial charge in [0.2, 0.25) is 0 Å². The van der Waals surface area contributed by atoms with Crippen LogP contribution in [0.5, 0.6) is 0 Å². The Kier molecular flexibility index (Phi) is 3.28. The molecule has 3 nitrogen and oxygen atoms in total. The zero-order valence-electron chi connectivity index (χ0n) is 6.83. The molecule has 0 saturated heterocycles. The van der Waals surface area contributed by atoms with E-state index < -0.39 is 5.97 Å². The predicted octanol–water partition coefficient (Wildman–Crippen LogP) is 1.46. The number of rotatable bonds is 3. The number of carboxylic acid groups (broad SMARTS) is 1. The van der Waals surface area contributed by atoms with Crippen molar-refractivity contribution in [3.8, 4) is 0 Å². The lowest BCUT2D eigenvalue weighted by Gasteiger charge is -2.04. The Bertz CT molecular complexity index is 323. The van der Waals surface area contributed by atoms with Crippen molar-refractivity contribution in [1.82, 2.24) is 0 Å². The number of carboxylic acids is 1. The first kappa shape index (κ1) is 10.0. The monoisotopic (exact) mass is 200 g/mol. The molecule has 0 aliphatic rings. The largest absolute Gasteiger partial charge is 0.481 e. The molecule has 0 heterocycles. The van der Waals surface area contributed by atoms with Crippen LogP contribution in [-0.4, -0.2) is 16.2 Å². The first-order valence-electron chi connectivity index (χ1n) is 3.73. The van der Waals surface area contributed by atoms with Crippen LogP contribution in [0.1, 0.15) is 11.1 Å². The maximum Gasteiger partial charge on any atom is 0.307 e. The van der Waals surface area contributed by atoms with Gasteiger partial charge in [-0.1, -0.05) is 17.7 Å². The van der Waals surface area contributed by atoms with Crippen molar-refractivity contribution in [2.24, 2.45) is 0 Å². The highest BCUT2D eigenvalue weighted by atomic mass is 35.5. The minimum Gasteiger partial charge on any atom is -0.481 e. The van der Waals surface area contributed by atoms with Gasteiger partial charge in [0.15, 0.2) is 0 Å². The molecule has 0 aliphatic heterocycles. The lowest BCUT2D eigenvalue weighted by atomic mass is 10.1. The van der Waals surface area contributed by atoms with Crippen LogP contribution in [0.4, 0.5) is 0 Å². The van der Waals surface area contributed by atoms with Gasteiger partial charge in [0, 0.05) is 5.02 Å². The van der Waals surface area contributed by atoms with Crippen LogP contribution in [0.2, 0.25) is 5.02 Å². The number of carbonyl (C=O) groups is 1. The van der Waals surface area contributed by atoms with Crippen LogP contribution >= 0.6 is 11.6 Å². The first-order chi connectivity index (χ1) is 6.13. The van der Waals surface area contributed by atoms with Crippen LogP contribution in [0, 0.1) is 0 Å². The maximum absolute atomic E-state index is 10.4. The Hall–Kier alpha value is -1.06. The lowest BCUT2D eigenvalue weighted by Crippen LogP contribution is -2.03. The molecule has 13 heavy (non-hydrogen) atoms. The number of halogens is 1. The number of aliphatic hydroxyl groups excluding tert-OH is 1. The SMILES string of the molecule is O=C(O)Cc1cc(Cl)ccc1CO. The van der Waals surface area contributed by atoms with E-state index in [9.17, 15) is 4.79 Å². The van der Waals surface area contributed by atoms with E-state index in [4.69, 9.17) is 21.8 Å². The summed E-state index contributed by atoms with van der Waals surface area (Å²) in [4.78, 5) is 10.4. The van der Waals surface area contributed by atoms with Crippen LogP contribution in [0.25, 0.3) is 0 Å². The smallest absolute Gasteiger partial charge is 0.307 e. The standard InChI is InChI=1S/C9H9ClO3/c10-8-2-1-6(5-11)7(3-8)4-9(12)13/h1-3,11H,4-5H2,(H,12,13). The van der Waals surface area contributed by atoms with Crippen molar-refractivity contribution >= 4 is 17.6 Å². The molecular weight excluding hydrogens is 192 g/mol. The molecule has 0 unspecified atom stereocenters. The zero-order valence-corrected chi connectivity index (χ0v) is 7.58. The van der Waals surface area contributed by atoms with Gasteiger partial charge in [-0.2, -0.15) is 0 Å². The number of hydrogen-bond donors (Lipinski definition) is 2. The Labute approximate surface area is 80.6 Å². The van der Waals surface area contributed by atoms with Gasteiger partial charge in [0.25, 0.3) is 0 Å². The molecule has 1 rings (SSSR count). The molecule has 0 radical (unpaired) electrons. The number of hydrogen-bond acceptors (Lipinski definition) is 2. The maximum atomic E-state index is 10.4. The van der Waals surface area contributed by atoms with Gasteiger partial charge in [0.05, 0.1) is 13.0 Å². The minimum absolute atomic E-state index is 0.115. The first-order valence-corrected chi connectivity index (χ1v) is 4.11. The third kappa shape index (κ3) is 2.72. The van der Waals surface area contributed by atoms with E-state index in [1.165, 1.54) is 0 Å². The lowest BCUT2D eigenvalue weighted by molar-refractivity contribution is -0.136. The molecule has 2 N–H and O–H groups in total. The van der Waals surface area contributed by atoms with Gasteiger partial charge in [0.1, 0.15) is 0 Å². The summed E-state index contributed by atoms with van der Waals surface area (Å²) in [7, 11) is 0. The molecular formula is C9H9ClO3. The highest BCUT2D eigenvalue weighted by molar-refractivity contribution is 6.30. The fraction of sp³-hybridized carbons (Fsp3) is 0.222. The molecule has 0 saturated carbocycles. The van der Waals surface area contributed by atoms with Gasteiger partial charge in [-0.05, 0) is 23.3 Å². The second kappa shape index (κ2) is 4.25. The fourth-order valence-corrected chi connectivity index (χ4v) is 1.27. The van der Waals surface area contributed by atoms with E-state index in [-0.39, 0.29) is 13.0 Å². The van der Waals surface area contributed by atoms with Crippen molar-refractivity contribution in [2.45, 2.75) is 13.0 Å². The molecule has 70 valence electrons. The summed E-state index contributed by atoms with van der Waals surface area (Å²) in [6.45, 7) is -0.167. The van der Waals surface area contributed by atoms with E-state index in [2.05, 4.69) is 0 Å². The zero-order chi connectivity index (χ0) is 9.84. The quantitative estimate of drug-likeness (QED) is 0.777. The second-order valence-corrected chi connectivity index (χ2v) is 3.08. The summed E-state index contributed by atoms with van der Waals surface area (Å²) in [5.74, 6) is -0.933. The topological polar surface area (TPSA) is 57.5 Å². The molecule has 0 fully saturated rings. The molecule has 4 heteroatoms. The van der Waals surface area contributed by atoms with E-state index in [0.717, 1.165) is 0 Å². The van der Waals surface area contributed by atoms with Crippen LogP contribution < -0.4 is 0 Å². The minimum atomic E-state index is -0.933. The second-order valence-electron chi connectivity index (χ2n) is 2.64. The summed E-state index contributed by atoms with van der Waals surface area (Å²) in [5, 5.41) is 17.9. The number of benzene rings is 1. The molecule has 0 atom stereocenters. The van der Waals surface area contributed by atoms with Gasteiger partial charge >= 0.3 is 5.97 Å². The van der Waals surface area contributed by atoms with Crippen LogP contribution in [-0.2, 0) is 17.8 Å². The van der Waals surface area contributed by atoms with Crippen molar-refractivity contribution in [2.75, 3.05) is 0 Å². The fourth-order valence-electron chi connectivity index (χ4n) is 1.08. The number of aliphatic carboxylic acids is 1. The van der Waals surface area contributed by atoms with Crippen LogP contribution in [0.3, 0.4) is 0 Å². The predicted molar refractivity (Wildman–Crippen MR) is 48.7 cm³/mol. The van der Waals surface area contributed by atoms with Gasteiger partial charge < -0.3 is 10.2 Å². The van der Waals surface area contributed by atoms with E-state index in [0.29, 0.717) is 16.1 Å². The summed E-state index contributed by atoms with van der Waals surface area (Å²) in [6, 6.07) is 4.81. The van der Waals surface area contributed by atoms with Crippen molar-refractivity contribution < 1.29 is 15.0 Å². The summed E-state index contributed by atoms with van der Waals surface area (Å²) in [6.07, 6.45) is -0.115. The van der Waals surface area contributed by atoms with E-state index in [1.807, 2.05) is 0 Å². The van der Waals surface area contributed by atoms with Crippen molar-refractivity contribution in [1.29, 1.82) is 0 Å². The molecule has 0 bridgehead atoms. The third-order valence-corrected chi connectivity index (χ3v) is 1.92. The summed E-state index contributed by atoms with van der Waals surface area (Å²) < 4.78 is 0. The average molecular weight is 201 g/mol.